The van der Waals surface area contributed by atoms with E-state index in [0.717, 1.165) is 23.8 Å². The van der Waals surface area contributed by atoms with Crippen LogP contribution in [0.1, 0.15) is 41.7 Å². The largest absolute Gasteiger partial charge is 0.382 e. The van der Waals surface area contributed by atoms with E-state index < -0.39 is 23.2 Å². The van der Waals surface area contributed by atoms with Crippen molar-refractivity contribution in [1.82, 2.24) is 19.7 Å². The number of nitriles is 1. The Morgan fingerprint density at radius 2 is 1.94 bits per heavy atom. The number of halogens is 3. The molecule has 0 saturated carbocycles. The molecule has 2 aromatic carbocycles. The van der Waals surface area contributed by atoms with Gasteiger partial charge in [-0.25, -0.2) is 23.4 Å². The van der Waals surface area contributed by atoms with Gasteiger partial charge in [-0.1, -0.05) is 26.0 Å². The van der Waals surface area contributed by atoms with Crippen molar-refractivity contribution >= 4 is 23.7 Å². The second-order valence-electron chi connectivity index (χ2n) is 7.74. The van der Waals surface area contributed by atoms with Gasteiger partial charge in [-0.05, 0) is 30.3 Å². The lowest BCUT2D eigenvalue weighted by atomic mass is 9.82. The van der Waals surface area contributed by atoms with Gasteiger partial charge in [0.1, 0.15) is 29.4 Å². The maximum absolute atomic E-state index is 14.8. The summed E-state index contributed by atoms with van der Waals surface area (Å²) >= 11 is 1.32. The molecule has 2 heterocycles. The highest BCUT2D eigenvalue weighted by Crippen LogP contribution is 2.41. The number of rotatable bonds is 7. The molecule has 4 rings (SSSR count). The molecule has 0 radical (unpaired) electrons. The van der Waals surface area contributed by atoms with Crippen LogP contribution in [0.4, 0.5) is 8.78 Å². The number of benzene rings is 2. The zero-order valence-corrected chi connectivity index (χ0v) is 20.1. The number of aryl methyl sites for hydroxylation is 1. The van der Waals surface area contributed by atoms with Gasteiger partial charge in [-0.2, -0.15) is 10.4 Å². The molecule has 34 heavy (non-hydrogen) atoms. The molecule has 0 saturated heterocycles. The smallest absolute Gasteiger partial charge is 0.150 e. The Morgan fingerprint density at radius 3 is 2.59 bits per heavy atom. The second kappa shape index (κ2) is 10.4. The summed E-state index contributed by atoms with van der Waals surface area (Å²) < 4.78 is 30.4. The Hall–Kier alpha value is -3.19. The van der Waals surface area contributed by atoms with Crippen molar-refractivity contribution < 1.29 is 13.9 Å². The van der Waals surface area contributed by atoms with E-state index in [1.807, 2.05) is 12.3 Å². The number of hydrogen-bond acceptors (Lipinski definition) is 6. The van der Waals surface area contributed by atoms with E-state index in [0.29, 0.717) is 28.5 Å². The van der Waals surface area contributed by atoms with Crippen LogP contribution < -0.4 is 0 Å². The minimum absolute atomic E-state index is 0. The van der Waals surface area contributed by atoms with Gasteiger partial charge in [-0.3, -0.25) is 0 Å². The fourth-order valence-electron chi connectivity index (χ4n) is 3.64. The van der Waals surface area contributed by atoms with E-state index in [1.165, 1.54) is 22.3 Å². The highest BCUT2D eigenvalue weighted by Gasteiger charge is 2.41. The summed E-state index contributed by atoms with van der Waals surface area (Å²) in [6, 6.07) is 12.1. The quantitative estimate of drug-likeness (QED) is 0.375. The van der Waals surface area contributed by atoms with Crippen molar-refractivity contribution in [2.75, 3.05) is 0 Å². The van der Waals surface area contributed by atoms with E-state index >= 15 is 0 Å². The molecule has 176 valence electrons. The van der Waals surface area contributed by atoms with Crippen LogP contribution in [0.15, 0.2) is 54.2 Å². The summed E-state index contributed by atoms with van der Waals surface area (Å²) in [6.45, 7) is 3.50. The molecule has 2 aromatic heterocycles. The first-order chi connectivity index (χ1) is 15.8. The first kappa shape index (κ1) is 25.4. The van der Waals surface area contributed by atoms with Gasteiger partial charge in [0.25, 0.3) is 0 Å². The van der Waals surface area contributed by atoms with Crippen LogP contribution in [0.3, 0.4) is 0 Å². The first-order valence-corrected chi connectivity index (χ1v) is 11.2. The lowest BCUT2D eigenvalue weighted by Crippen LogP contribution is -2.38. The van der Waals surface area contributed by atoms with Gasteiger partial charge in [0, 0.05) is 28.8 Å². The molecular weight excluding hydrogens is 480 g/mol. The molecule has 0 bridgehead atoms. The minimum atomic E-state index is -1.84. The number of thiazole rings is 1. The van der Waals surface area contributed by atoms with Gasteiger partial charge in [0.2, 0.25) is 0 Å². The Kier molecular flexibility index (Phi) is 7.77. The van der Waals surface area contributed by atoms with Crippen LogP contribution in [0.5, 0.6) is 0 Å². The Morgan fingerprint density at radius 1 is 1.21 bits per heavy atom. The van der Waals surface area contributed by atoms with E-state index in [1.54, 1.807) is 31.2 Å². The van der Waals surface area contributed by atoms with Crippen molar-refractivity contribution in [2.24, 2.45) is 0 Å². The fourth-order valence-corrected chi connectivity index (χ4v) is 4.61. The average molecular weight is 502 g/mol. The van der Waals surface area contributed by atoms with Crippen LogP contribution in [0.2, 0.25) is 0 Å². The molecule has 0 fully saturated rings. The highest BCUT2D eigenvalue weighted by molar-refractivity contribution is 7.10. The van der Waals surface area contributed by atoms with Crippen molar-refractivity contribution in [3.8, 4) is 17.3 Å². The van der Waals surface area contributed by atoms with Crippen molar-refractivity contribution in [2.45, 2.75) is 38.3 Å². The summed E-state index contributed by atoms with van der Waals surface area (Å²) in [7, 11) is 0. The van der Waals surface area contributed by atoms with Crippen molar-refractivity contribution in [3.05, 3.63) is 87.8 Å². The first-order valence-electron chi connectivity index (χ1n) is 10.4. The van der Waals surface area contributed by atoms with E-state index in [2.05, 4.69) is 21.1 Å². The third-order valence-corrected chi connectivity index (χ3v) is 6.64. The van der Waals surface area contributed by atoms with Crippen LogP contribution in [-0.4, -0.2) is 24.9 Å². The van der Waals surface area contributed by atoms with Crippen LogP contribution in [-0.2, 0) is 18.6 Å². The SMILES string of the molecule is CCc1ncn(C[C@](O)(c2cc(F)ccc2F)[C@@H](C)c2nc(-c3ccc(C#N)cc3)cs2)n1.Cl. The molecular formula is C24H22ClF2N5OS. The van der Waals surface area contributed by atoms with Crippen LogP contribution >= 0.6 is 23.7 Å². The third kappa shape index (κ3) is 4.99. The maximum atomic E-state index is 14.8. The molecule has 0 unspecified atom stereocenters. The minimum Gasteiger partial charge on any atom is -0.382 e. The molecule has 0 aliphatic rings. The Balaban J connectivity index is 0.00000324. The molecule has 10 heteroatoms. The summed E-state index contributed by atoms with van der Waals surface area (Å²) in [5, 5.41) is 27.5. The highest BCUT2D eigenvalue weighted by atomic mass is 35.5. The molecule has 6 nitrogen and oxygen atoms in total. The molecule has 2 atom stereocenters. The molecule has 0 aliphatic heterocycles. The molecule has 0 amide bonds. The Labute approximate surface area is 206 Å². The monoisotopic (exact) mass is 501 g/mol. The third-order valence-electron chi connectivity index (χ3n) is 5.62. The average Bonchev–Trinajstić information content (AvgIpc) is 3.50. The predicted molar refractivity (Wildman–Crippen MR) is 128 cm³/mol. The summed E-state index contributed by atoms with van der Waals surface area (Å²) in [5.74, 6) is -1.48. The van der Waals surface area contributed by atoms with Gasteiger partial charge in [0.15, 0.2) is 0 Å². The maximum Gasteiger partial charge on any atom is 0.150 e. The molecule has 0 spiro atoms. The van der Waals surface area contributed by atoms with Gasteiger partial charge < -0.3 is 5.11 Å². The Bertz CT molecular complexity index is 1320. The van der Waals surface area contributed by atoms with Gasteiger partial charge in [0.05, 0.1) is 28.9 Å². The zero-order valence-electron chi connectivity index (χ0n) is 18.4. The normalized spacial score (nSPS) is 13.5. The van der Waals surface area contributed by atoms with Crippen molar-refractivity contribution in [1.29, 1.82) is 5.26 Å². The lowest BCUT2D eigenvalue weighted by Gasteiger charge is -2.33. The second-order valence-corrected chi connectivity index (χ2v) is 8.63. The number of aliphatic hydroxyl groups is 1. The van der Waals surface area contributed by atoms with Crippen LogP contribution in [0.25, 0.3) is 11.3 Å². The zero-order chi connectivity index (χ0) is 23.6. The van der Waals surface area contributed by atoms with E-state index in [9.17, 15) is 13.9 Å². The molecule has 1 N–H and O–H groups in total. The lowest BCUT2D eigenvalue weighted by molar-refractivity contribution is -0.0115. The number of nitrogens with zero attached hydrogens (tertiary/aromatic N) is 5. The summed E-state index contributed by atoms with van der Waals surface area (Å²) in [4.78, 5) is 8.84. The van der Waals surface area contributed by atoms with Gasteiger partial charge >= 0.3 is 0 Å². The van der Waals surface area contributed by atoms with Gasteiger partial charge in [-0.15, -0.1) is 23.7 Å². The summed E-state index contributed by atoms with van der Waals surface area (Å²) in [5.41, 5.74) is 0.0111. The van der Waals surface area contributed by atoms with Crippen LogP contribution in [0, 0.1) is 23.0 Å². The topological polar surface area (TPSA) is 87.6 Å². The molecule has 0 aliphatic carbocycles. The van der Waals surface area contributed by atoms with E-state index in [-0.39, 0.29) is 24.5 Å². The standard InChI is InChI=1S/C24H21F2N5OS.ClH/c1-3-22-28-14-31(30-22)13-24(32,19-10-18(25)8-9-20(19)26)15(2)23-29-21(12-33-23)17-6-4-16(11-27)5-7-17;/h4-10,12,14-15,32H,3,13H2,1-2H3;1H/t15-,24+;/m0./s1. The number of aromatic nitrogens is 4. The molecule has 4 aromatic rings. The number of hydrogen-bond donors (Lipinski definition) is 1. The van der Waals surface area contributed by atoms with Crippen molar-refractivity contribution in [3.63, 3.8) is 0 Å². The fraction of sp³-hybridized carbons (Fsp3) is 0.250. The predicted octanol–water partition coefficient (Wildman–Crippen LogP) is 5.23. The van der Waals surface area contributed by atoms with E-state index in [4.69, 9.17) is 5.26 Å². The summed E-state index contributed by atoms with van der Waals surface area (Å²) in [6.07, 6.45) is 2.08.